The highest BCUT2D eigenvalue weighted by Crippen LogP contribution is 2.20. The van der Waals surface area contributed by atoms with Crippen LogP contribution in [0.25, 0.3) is 0 Å². The summed E-state index contributed by atoms with van der Waals surface area (Å²) in [6.45, 7) is 0. The highest BCUT2D eigenvalue weighted by atomic mass is 19.1. The van der Waals surface area contributed by atoms with E-state index in [4.69, 9.17) is 11.1 Å². The zero-order chi connectivity index (χ0) is 15.2. The van der Waals surface area contributed by atoms with Gasteiger partial charge in [0.05, 0.1) is 23.7 Å². The van der Waals surface area contributed by atoms with Crippen molar-refractivity contribution in [2.24, 2.45) is 5.84 Å². The third-order valence-electron chi connectivity index (χ3n) is 2.90. The first kappa shape index (κ1) is 14.5. The molecule has 0 aliphatic rings. The van der Waals surface area contributed by atoms with Crippen LogP contribution < -0.4 is 16.6 Å². The highest BCUT2D eigenvalue weighted by molar-refractivity contribution is 6.08. The van der Waals surface area contributed by atoms with Crippen LogP contribution in [0.1, 0.15) is 15.9 Å². The minimum absolute atomic E-state index is 0.0592. The Kier molecular flexibility index (Phi) is 4.49. The van der Waals surface area contributed by atoms with Gasteiger partial charge in [-0.1, -0.05) is 18.2 Å². The van der Waals surface area contributed by atoms with Crippen LogP contribution in [-0.4, -0.2) is 5.91 Å². The van der Waals surface area contributed by atoms with Crippen LogP contribution >= 0.6 is 0 Å². The Hall–Kier alpha value is -2.91. The van der Waals surface area contributed by atoms with Gasteiger partial charge in [-0.2, -0.15) is 5.26 Å². The quantitative estimate of drug-likeness (QED) is 0.594. The number of anilines is 2. The second kappa shape index (κ2) is 6.50. The minimum atomic E-state index is -0.602. The highest BCUT2D eigenvalue weighted by Gasteiger charge is 2.14. The van der Waals surface area contributed by atoms with E-state index in [-0.39, 0.29) is 11.3 Å². The van der Waals surface area contributed by atoms with Crippen LogP contribution in [-0.2, 0) is 6.42 Å². The Morgan fingerprint density at radius 2 is 1.95 bits per heavy atom. The number of hydrogen-bond acceptors (Lipinski definition) is 4. The Morgan fingerprint density at radius 1 is 1.24 bits per heavy atom. The van der Waals surface area contributed by atoms with Crippen LogP contribution in [0, 0.1) is 17.1 Å². The average Bonchev–Trinajstić information content (AvgIpc) is 2.49. The van der Waals surface area contributed by atoms with E-state index < -0.39 is 11.7 Å². The van der Waals surface area contributed by atoms with Crippen molar-refractivity contribution in [3.8, 4) is 6.07 Å². The van der Waals surface area contributed by atoms with Crippen LogP contribution in [0.2, 0.25) is 0 Å². The molecule has 21 heavy (non-hydrogen) atoms. The molecular formula is C15H13FN4O. The fourth-order valence-corrected chi connectivity index (χ4v) is 1.86. The lowest BCUT2D eigenvalue weighted by molar-refractivity contribution is 0.102. The van der Waals surface area contributed by atoms with Gasteiger partial charge in [0.2, 0.25) is 0 Å². The second-order valence-corrected chi connectivity index (χ2v) is 4.29. The molecule has 106 valence electrons. The van der Waals surface area contributed by atoms with Gasteiger partial charge < -0.3 is 10.7 Å². The molecule has 0 saturated heterocycles. The van der Waals surface area contributed by atoms with Gasteiger partial charge in [0.1, 0.15) is 5.82 Å². The number of nitrogens with two attached hydrogens (primary N) is 1. The SMILES string of the molecule is N#CCc1ccc(NC(=O)c2cccc(F)c2NN)cc1. The molecule has 4 N–H and O–H groups in total. The molecule has 2 aromatic rings. The summed E-state index contributed by atoms with van der Waals surface area (Å²) < 4.78 is 13.5. The van der Waals surface area contributed by atoms with E-state index in [0.717, 1.165) is 5.56 Å². The van der Waals surface area contributed by atoms with Crippen molar-refractivity contribution < 1.29 is 9.18 Å². The summed E-state index contributed by atoms with van der Waals surface area (Å²) in [7, 11) is 0. The smallest absolute Gasteiger partial charge is 0.257 e. The number of nitrogens with one attached hydrogen (secondary N) is 2. The Balaban J connectivity index is 2.18. The molecule has 0 aliphatic carbocycles. The van der Waals surface area contributed by atoms with Crippen LogP contribution in [0.15, 0.2) is 42.5 Å². The van der Waals surface area contributed by atoms with Crippen molar-refractivity contribution in [2.75, 3.05) is 10.7 Å². The molecule has 0 aliphatic heterocycles. The molecular weight excluding hydrogens is 271 g/mol. The van der Waals surface area contributed by atoms with E-state index >= 15 is 0 Å². The number of para-hydroxylation sites is 1. The van der Waals surface area contributed by atoms with Gasteiger partial charge in [0.15, 0.2) is 0 Å². The maximum absolute atomic E-state index is 13.5. The maximum Gasteiger partial charge on any atom is 0.257 e. The zero-order valence-corrected chi connectivity index (χ0v) is 11.1. The normalized spacial score (nSPS) is 9.76. The predicted molar refractivity (Wildman–Crippen MR) is 77.9 cm³/mol. The lowest BCUT2D eigenvalue weighted by Crippen LogP contribution is -2.18. The number of nitrogen functional groups attached to an aromatic ring is 1. The number of amides is 1. The topological polar surface area (TPSA) is 90.9 Å². The number of carbonyl (C=O) groups is 1. The number of rotatable bonds is 4. The van der Waals surface area contributed by atoms with E-state index in [1.54, 1.807) is 24.3 Å². The lowest BCUT2D eigenvalue weighted by Gasteiger charge is -2.10. The number of halogens is 1. The summed E-state index contributed by atoms with van der Waals surface area (Å²) in [6.07, 6.45) is 0.305. The zero-order valence-electron chi connectivity index (χ0n) is 11.1. The first-order chi connectivity index (χ1) is 10.2. The maximum atomic E-state index is 13.5. The largest absolute Gasteiger partial charge is 0.322 e. The summed E-state index contributed by atoms with van der Waals surface area (Å²) in [5.41, 5.74) is 3.64. The fraction of sp³-hybridized carbons (Fsp3) is 0.0667. The van der Waals surface area contributed by atoms with Gasteiger partial charge in [-0.05, 0) is 29.8 Å². The van der Waals surface area contributed by atoms with E-state index in [2.05, 4.69) is 10.7 Å². The predicted octanol–water partition coefficient (Wildman–Crippen LogP) is 2.43. The molecule has 0 saturated carbocycles. The van der Waals surface area contributed by atoms with Crippen molar-refractivity contribution in [3.05, 3.63) is 59.4 Å². The molecule has 0 spiro atoms. The van der Waals surface area contributed by atoms with Gasteiger partial charge in [0, 0.05) is 5.69 Å². The van der Waals surface area contributed by atoms with Crippen LogP contribution in [0.3, 0.4) is 0 Å². The molecule has 1 amide bonds. The molecule has 2 rings (SSSR count). The average molecular weight is 284 g/mol. The van der Waals surface area contributed by atoms with Crippen molar-refractivity contribution in [3.63, 3.8) is 0 Å². The molecule has 2 aromatic carbocycles. The molecule has 0 aromatic heterocycles. The van der Waals surface area contributed by atoms with Gasteiger partial charge in [-0.15, -0.1) is 0 Å². The second-order valence-electron chi connectivity index (χ2n) is 4.29. The van der Waals surface area contributed by atoms with Crippen molar-refractivity contribution in [1.82, 2.24) is 0 Å². The third kappa shape index (κ3) is 3.35. The summed E-state index contributed by atoms with van der Waals surface area (Å²) in [6, 6.07) is 13.0. The first-order valence-corrected chi connectivity index (χ1v) is 6.18. The molecule has 0 atom stereocenters. The minimum Gasteiger partial charge on any atom is -0.322 e. The molecule has 0 bridgehead atoms. The Labute approximate surface area is 121 Å². The van der Waals surface area contributed by atoms with Crippen LogP contribution in [0.4, 0.5) is 15.8 Å². The number of hydrazine groups is 1. The molecule has 0 radical (unpaired) electrons. The van der Waals surface area contributed by atoms with Gasteiger partial charge in [-0.25, -0.2) is 4.39 Å². The summed E-state index contributed by atoms with van der Waals surface area (Å²) >= 11 is 0. The standard InChI is InChI=1S/C15H13FN4O/c16-13-3-1-2-12(14(13)20-18)15(21)19-11-6-4-10(5-7-11)8-9-17/h1-7,20H,8,18H2,(H,19,21). The monoisotopic (exact) mass is 284 g/mol. The molecule has 6 heteroatoms. The van der Waals surface area contributed by atoms with E-state index in [1.165, 1.54) is 18.2 Å². The van der Waals surface area contributed by atoms with Crippen molar-refractivity contribution in [2.45, 2.75) is 6.42 Å². The van der Waals surface area contributed by atoms with Gasteiger partial charge in [0.25, 0.3) is 5.91 Å². The number of nitriles is 1. The molecule has 5 nitrogen and oxygen atoms in total. The lowest BCUT2D eigenvalue weighted by atomic mass is 10.1. The van der Waals surface area contributed by atoms with E-state index in [9.17, 15) is 9.18 Å². The summed E-state index contributed by atoms with van der Waals surface area (Å²) in [5, 5.41) is 11.2. The molecule has 0 fully saturated rings. The number of carbonyl (C=O) groups excluding carboxylic acids is 1. The molecule has 0 unspecified atom stereocenters. The van der Waals surface area contributed by atoms with Crippen molar-refractivity contribution in [1.29, 1.82) is 5.26 Å². The van der Waals surface area contributed by atoms with Crippen molar-refractivity contribution >= 4 is 17.3 Å². The third-order valence-corrected chi connectivity index (χ3v) is 2.90. The van der Waals surface area contributed by atoms with E-state index in [1.807, 2.05) is 6.07 Å². The fourth-order valence-electron chi connectivity index (χ4n) is 1.86. The number of nitrogens with zero attached hydrogens (tertiary/aromatic N) is 1. The van der Waals surface area contributed by atoms with Gasteiger partial charge in [-0.3, -0.25) is 10.6 Å². The number of hydrogen-bond donors (Lipinski definition) is 3. The Morgan fingerprint density at radius 3 is 2.57 bits per heavy atom. The van der Waals surface area contributed by atoms with E-state index in [0.29, 0.717) is 12.1 Å². The van der Waals surface area contributed by atoms with Crippen LogP contribution in [0.5, 0.6) is 0 Å². The summed E-state index contributed by atoms with van der Waals surface area (Å²) in [4.78, 5) is 12.1. The molecule has 0 heterocycles. The Bertz CT molecular complexity index is 692. The first-order valence-electron chi connectivity index (χ1n) is 6.18. The summed E-state index contributed by atoms with van der Waals surface area (Å²) in [5.74, 6) is 4.16. The number of benzene rings is 2. The van der Waals surface area contributed by atoms with Gasteiger partial charge >= 0.3 is 0 Å².